The van der Waals surface area contributed by atoms with Gasteiger partial charge in [0.2, 0.25) is 0 Å². The SMILES string of the molecule is CC(C)Oc1ccc([C@@H](CCN[C@@H](C)c2ccccc2)c2ccc(F)cc2)cc1. The van der Waals surface area contributed by atoms with Crippen LogP contribution < -0.4 is 10.1 Å². The summed E-state index contributed by atoms with van der Waals surface area (Å²) < 4.78 is 19.2. The first-order valence-electron chi connectivity index (χ1n) is 10.3. The second kappa shape index (κ2) is 10.2. The van der Waals surface area contributed by atoms with Gasteiger partial charge >= 0.3 is 0 Å². The van der Waals surface area contributed by atoms with Gasteiger partial charge in [-0.2, -0.15) is 0 Å². The Balaban J connectivity index is 1.72. The average molecular weight is 392 g/mol. The van der Waals surface area contributed by atoms with Crippen molar-refractivity contribution in [3.05, 3.63) is 101 Å². The van der Waals surface area contributed by atoms with Crippen molar-refractivity contribution in [3.8, 4) is 5.75 Å². The molecule has 0 heterocycles. The fourth-order valence-electron chi connectivity index (χ4n) is 3.58. The number of rotatable bonds is 9. The zero-order valence-corrected chi connectivity index (χ0v) is 17.4. The minimum Gasteiger partial charge on any atom is -0.491 e. The molecule has 0 aliphatic carbocycles. The lowest BCUT2D eigenvalue weighted by molar-refractivity contribution is 0.242. The Kier molecular flexibility index (Phi) is 7.42. The molecule has 0 saturated carbocycles. The van der Waals surface area contributed by atoms with Crippen LogP contribution in [0.2, 0.25) is 0 Å². The van der Waals surface area contributed by atoms with Crippen LogP contribution in [0.3, 0.4) is 0 Å². The molecule has 3 heteroatoms. The van der Waals surface area contributed by atoms with Gasteiger partial charge in [0.15, 0.2) is 0 Å². The Hall–Kier alpha value is -2.65. The molecule has 3 rings (SSSR count). The molecule has 0 aliphatic rings. The molecule has 2 nitrogen and oxygen atoms in total. The van der Waals surface area contributed by atoms with Crippen molar-refractivity contribution in [2.75, 3.05) is 6.54 Å². The summed E-state index contributed by atoms with van der Waals surface area (Å²) in [5.74, 6) is 0.862. The van der Waals surface area contributed by atoms with Crippen molar-refractivity contribution in [2.45, 2.75) is 45.3 Å². The van der Waals surface area contributed by atoms with E-state index in [2.05, 4.69) is 48.6 Å². The van der Waals surface area contributed by atoms with Gasteiger partial charge in [-0.25, -0.2) is 4.39 Å². The van der Waals surface area contributed by atoms with Crippen LogP contribution >= 0.6 is 0 Å². The highest BCUT2D eigenvalue weighted by atomic mass is 19.1. The maximum absolute atomic E-state index is 13.4. The number of hydrogen-bond acceptors (Lipinski definition) is 2. The highest BCUT2D eigenvalue weighted by Crippen LogP contribution is 2.30. The molecule has 0 unspecified atom stereocenters. The van der Waals surface area contributed by atoms with E-state index in [-0.39, 0.29) is 23.9 Å². The average Bonchev–Trinajstić information content (AvgIpc) is 2.73. The fraction of sp³-hybridized carbons (Fsp3) is 0.308. The lowest BCUT2D eigenvalue weighted by Crippen LogP contribution is -2.21. The first kappa shape index (κ1) is 21.1. The summed E-state index contributed by atoms with van der Waals surface area (Å²) in [6.07, 6.45) is 1.07. The predicted octanol–water partition coefficient (Wildman–Crippen LogP) is 6.49. The molecule has 0 spiro atoms. The van der Waals surface area contributed by atoms with Crippen LogP contribution in [-0.4, -0.2) is 12.6 Å². The summed E-state index contributed by atoms with van der Waals surface area (Å²) in [7, 11) is 0. The molecule has 0 radical (unpaired) electrons. The Morgan fingerprint density at radius 2 is 1.34 bits per heavy atom. The number of ether oxygens (including phenoxy) is 1. The van der Waals surface area contributed by atoms with E-state index in [1.165, 1.54) is 11.1 Å². The van der Waals surface area contributed by atoms with Gasteiger partial charge in [0.25, 0.3) is 0 Å². The minimum absolute atomic E-state index is 0.150. The Morgan fingerprint density at radius 3 is 1.93 bits per heavy atom. The van der Waals surface area contributed by atoms with Gasteiger partial charge in [-0.1, -0.05) is 54.6 Å². The lowest BCUT2D eigenvalue weighted by Gasteiger charge is -2.21. The van der Waals surface area contributed by atoms with E-state index >= 15 is 0 Å². The van der Waals surface area contributed by atoms with Crippen LogP contribution in [-0.2, 0) is 0 Å². The van der Waals surface area contributed by atoms with Crippen LogP contribution in [0.25, 0.3) is 0 Å². The molecule has 3 aromatic rings. The molecule has 0 fully saturated rings. The van der Waals surface area contributed by atoms with E-state index in [1.807, 2.05) is 44.2 Å². The standard InChI is InChI=1S/C26H30FNO/c1-19(2)29-25-15-11-23(12-16-25)26(22-9-13-24(27)14-10-22)17-18-28-20(3)21-7-5-4-6-8-21/h4-16,19-20,26,28H,17-18H2,1-3H3/t20-,26-/m0/s1. The monoisotopic (exact) mass is 391 g/mol. The van der Waals surface area contributed by atoms with Crippen molar-refractivity contribution in [2.24, 2.45) is 0 Å². The van der Waals surface area contributed by atoms with Gasteiger partial charge in [0.05, 0.1) is 6.10 Å². The molecule has 29 heavy (non-hydrogen) atoms. The Labute approximate surface area is 173 Å². The third kappa shape index (κ3) is 6.16. The van der Waals surface area contributed by atoms with Crippen LogP contribution in [0.1, 0.15) is 55.8 Å². The Morgan fingerprint density at radius 1 is 0.759 bits per heavy atom. The molecule has 0 aromatic heterocycles. The summed E-state index contributed by atoms with van der Waals surface area (Å²) in [5, 5.41) is 3.62. The molecule has 0 aliphatic heterocycles. The first-order valence-corrected chi connectivity index (χ1v) is 10.3. The lowest BCUT2D eigenvalue weighted by atomic mass is 9.88. The smallest absolute Gasteiger partial charge is 0.123 e. The van der Waals surface area contributed by atoms with Crippen LogP contribution in [0.15, 0.2) is 78.9 Å². The van der Waals surface area contributed by atoms with E-state index in [4.69, 9.17) is 4.74 Å². The summed E-state index contributed by atoms with van der Waals surface area (Å²) in [5.41, 5.74) is 3.61. The van der Waals surface area contributed by atoms with Gasteiger partial charge in [-0.3, -0.25) is 0 Å². The van der Waals surface area contributed by atoms with Gasteiger partial charge < -0.3 is 10.1 Å². The van der Waals surface area contributed by atoms with E-state index in [1.54, 1.807) is 12.1 Å². The maximum Gasteiger partial charge on any atom is 0.123 e. The summed E-state index contributed by atoms with van der Waals surface area (Å²) in [6, 6.07) is 25.9. The summed E-state index contributed by atoms with van der Waals surface area (Å²) in [4.78, 5) is 0. The second-order valence-electron chi connectivity index (χ2n) is 7.71. The van der Waals surface area contributed by atoms with Gasteiger partial charge in [-0.05, 0) is 74.7 Å². The number of benzene rings is 3. The molecular weight excluding hydrogens is 361 g/mol. The number of nitrogens with one attached hydrogen (secondary N) is 1. The van der Waals surface area contributed by atoms with Crippen molar-refractivity contribution in [1.29, 1.82) is 0 Å². The molecule has 0 amide bonds. The van der Waals surface area contributed by atoms with E-state index in [9.17, 15) is 4.39 Å². The van der Waals surface area contributed by atoms with E-state index in [0.717, 1.165) is 24.3 Å². The van der Waals surface area contributed by atoms with E-state index < -0.39 is 0 Å². The zero-order valence-electron chi connectivity index (χ0n) is 17.4. The van der Waals surface area contributed by atoms with Crippen LogP contribution in [0.5, 0.6) is 5.75 Å². The fourth-order valence-corrected chi connectivity index (χ4v) is 3.58. The van der Waals surface area contributed by atoms with Crippen LogP contribution in [0, 0.1) is 5.82 Å². The maximum atomic E-state index is 13.4. The van der Waals surface area contributed by atoms with Gasteiger partial charge in [-0.15, -0.1) is 0 Å². The summed E-state index contributed by atoms with van der Waals surface area (Å²) >= 11 is 0. The molecule has 1 N–H and O–H groups in total. The Bertz CT molecular complexity index is 859. The largest absolute Gasteiger partial charge is 0.491 e. The highest BCUT2D eigenvalue weighted by Gasteiger charge is 2.15. The van der Waals surface area contributed by atoms with Crippen LogP contribution in [0.4, 0.5) is 4.39 Å². The minimum atomic E-state index is -0.205. The molecule has 152 valence electrons. The normalized spacial score (nSPS) is 13.3. The molecule has 3 aromatic carbocycles. The van der Waals surface area contributed by atoms with Crippen molar-refractivity contribution in [3.63, 3.8) is 0 Å². The second-order valence-corrected chi connectivity index (χ2v) is 7.71. The zero-order chi connectivity index (χ0) is 20.6. The molecule has 0 saturated heterocycles. The quantitative estimate of drug-likeness (QED) is 0.450. The third-order valence-electron chi connectivity index (χ3n) is 5.11. The molecular formula is C26H30FNO. The molecule has 0 bridgehead atoms. The van der Waals surface area contributed by atoms with E-state index in [0.29, 0.717) is 0 Å². The predicted molar refractivity (Wildman–Crippen MR) is 118 cm³/mol. The first-order chi connectivity index (χ1) is 14.0. The molecule has 2 atom stereocenters. The van der Waals surface area contributed by atoms with Crippen molar-refractivity contribution in [1.82, 2.24) is 5.32 Å². The number of halogens is 1. The van der Waals surface area contributed by atoms with Gasteiger partial charge in [0.1, 0.15) is 11.6 Å². The summed E-state index contributed by atoms with van der Waals surface area (Å²) in [6.45, 7) is 7.09. The van der Waals surface area contributed by atoms with Crippen molar-refractivity contribution >= 4 is 0 Å². The highest BCUT2D eigenvalue weighted by molar-refractivity contribution is 5.36. The topological polar surface area (TPSA) is 21.3 Å². The van der Waals surface area contributed by atoms with Gasteiger partial charge in [0, 0.05) is 12.0 Å². The number of hydrogen-bond donors (Lipinski definition) is 1. The third-order valence-corrected chi connectivity index (χ3v) is 5.11. The van der Waals surface area contributed by atoms with Crippen molar-refractivity contribution < 1.29 is 9.13 Å².